The summed E-state index contributed by atoms with van der Waals surface area (Å²) in [4.78, 5) is 25.2. The molecule has 1 aliphatic rings. The smallest absolute Gasteiger partial charge is 0.223 e. The molecular formula is C13H25N3O2. The summed E-state index contributed by atoms with van der Waals surface area (Å²) < 4.78 is 0. The summed E-state index contributed by atoms with van der Waals surface area (Å²) in [6.45, 7) is 5.92. The molecule has 0 saturated carbocycles. The van der Waals surface area contributed by atoms with Crippen LogP contribution in [0.4, 0.5) is 0 Å². The Morgan fingerprint density at radius 3 is 2.78 bits per heavy atom. The van der Waals surface area contributed by atoms with Crippen molar-refractivity contribution in [3.63, 3.8) is 0 Å². The molecule has 0 bridgehead atoms. The summed E-state index contributed by atoms with van der Waals surface area (Å²) in [6, 6.07) is 0.0138. The molecule has 5 heteroatoms. The van der Waals surface area contributed by atoms with Gasteiger partial charge >= 0.3 is 0 Å². The number of nitrogens with two attached hydrogens (primary N) is 1. The average Bonchev–Trinajstić information content (AvgIpc) is 2.71. The van der Waals surface area contributed by atoms with Crippen LogP contribution in [0.1, 0.15) is 39.5 Å². The van der Waals surface area contributed by atoms with E-state index in [1.54, 1.807) is 0 Å². The van der Waals surface area contributed by atoms with Crippen molar-refractivity contribution in [1.82, 2.24) is 10.2 Å². The van der Waals surface area contributed by atoms with Gasteiger partial charge in [-0.15, -0.1) is 0 Å². The second-order valence-electron chi connectivity index (χ2n) is 5.18. The highest BCUT2D eigenvalue weighted by Gasteiger charge is 2.23. The van der Waals surface area contributed by atoms with Crippen molar-refractivity contribution in [2.24, 2.45) is 11.7 Å². The van der Waals surface area contributed by atoms with Gasteiger partial charge < -0.3 is 16.0 Å². The zero-order valence-corrected chi connectivity index (χ0v) is 11.4. The zero-order valence-electron chi connectivity index (χ0n) is 11.4. The molecule has 0 aromatic heterocycles. The number of hydrogen-bond donors (Lipinski definition) is 2. The van der Waals surface area contributed by atoms with Gasteiger partial charge in [-0.2, -0.15) is 0 Å². The first-order valence-corrected chi connectivity index (χ1v) is 6.82. The Morgan fingerprint density at radius 1 is 1.50 bits per heavy atom. The number of carbonyl (C=O) groups is 2. The fourth-order valence-electron chi connectivity index (χ4n) is 2.21. The molecular weight excluding hydrogens is 230 g/mol. The van der Waals surface area contributed by atoms with Gasteiger partial charge in [-0.05, 0) is 32.7 Å². The predicted octanol–water partition coefficient (Wildman–Crippen LogP) is 0.489. The van der Waals surface area contributed by atoms with E-state index < -0.39 is 0 Å². The van der Waals surface area contributed by atoms with E-state index in [1.807, 2.05) is 18.7 Å². The van der Waals surface area contributed by atoms with Crippen molar-refractivity contribution in [1.29, 1.82) is 0 Å². The molecule has 0 aromatic carbocycles. The number of carbonyl (C=O) groups excluding carboxylic acids is 2. The summed E-state index contributed by atoms with van der Waals surface area (Å²) in [6.07, 6.45) is 3.27. The largest absolute Gasteiger partial charge is 0.352 e. The Bertz CT molecular complexity index is 294. The summed E-state index contributed by atoms with van der Waals surface area (Å²) in [5.74, 6) is 0.250. The third kappa shape index (κ3) is 4.64. The number of nitrogens with zero attached hydrogens (tertiary/aromatic N) is 1. The standard InChI is InChI=1S/C13H25N3O2/c1-10(5-3-7-14)13(18)15-11(2)9-16-8-4-6-12(16)17/h10-11H,3-9,14H2,1-2H3,(H,15,18). The zero-order chi connectivity index (χ0) is 13.5. The SMILES string of the molecule is CC(CN1CCCC1=O)NC(=O)C(C)CCCN. The van der Waals surface area contributed by atoms with Gasteiger partial charge in [0, 0.05) is 31.5 Å². The van der Waals surface area contributed by atoms with E-state index in [0.29, 0.717) is 19.5 Å². The lowest BCUT2D eigenvalue weighted by Gasteiger charge is -2.23. The molecule has 2 atom stereocenters. The van der Waals surface area contributed by atoms with Crippen LogP contribution in [-0.2, 0) is 9.59 Å². The molecule has 0 aliphatic carbocycles. The maximum atomic E-state index is 11.9. The Morgan fingerprint density at radius 2 is 2.22 bits per heavy atom. The lowest BCUT2D eigenvalue weighted by molar-refractivity contribution is -0.129. The molecule has 2 amide bonds. The lowest BCUT2D eigenvalue weighted by atomic mass is 10.0. The van der Waals surface area contributed by atoms with Gasteiger partial charge in [-0.3, -0.25) is 9.59 Å². The van der Waals surface area contributed by atoms with Crippen molar-refractivity contribution in [2.75, 3.05) is 19.6 Å². The Kier molecular flexibility index (Phi) is 6.12. The Labute approximate surface area is 109 Å². The van der Waals surface area contributed by atoms with Gasteiger partial charge in [-0.1, -0.05) is 6.92 Å². The molecule has 18 heavy (non-hydrogen) atoms. The number of amides is 2. The molecule has 5 nitrogen and oxygen atoms in total. The molecule has 2 unspecified atom stereocenters. The van der Waals surface area contributed by atoms with E-state index in [-0.39, 0.29) is 23.8 Å². The van der Waals surface area contributed by atoms with E-state index in [2.05, 4.69) is 5.32 Å². The highest BCUT2D eigenvalue weighted by Crippen LogP contribution is 2.10. The second-order valence-corrected chi connectivity index (χ2v) is 5.18. The normalized spacial score (nSPS) is 18.8. The summed E-state index contributed by atoms with van der Waals surface area (Å²) in [5, 5.41) is 2.96. The van der Waals surface area contributed by atoms with E-state index in [1.165, 1.54) is 0 Å². The second kappa shape index (κ2) is 7.36. The fourth-order valence-corrected chi connectivity index (χ4v) is 2.21. The van der Waals surface area contributed by atoms with Crippen molar-refractivity contribution >= 4 is 11.8 Å². The van der Waals surface area contributed by atoms with Crippen LogP contribution in [0.25, 0.3) is 0 Å². The van der Waals surface area contributed by atoms with Gasteiger partial charge in [0.1, 0.15) is 0 Å². The van der Waals surface area contributed by atoms with Crippen LogP contribution >= 0.6 is 0 Å². The van der Waals surface area contributed by atoms with Crippen LogP contribution < -0.4 is 11.1 Å². The minimum Gasteiger partial charge on any atom is -0.352 e. The molecule has 1 fully saturated rings. The number of hydrogen-bond acceptors (Lipinski definition) is 3. The van der Waals surface area contributed by atoms with Crippen LogP contribution in [0, 0.1) is 5.92 Å². The van der Waals surface area contributed by atoms with Gasteiger partial charge in [0.25, 0.3) is 0 Å². The Balaban J connectivity index is 2.28. The van der Waals surface area contributed by atoms with Crippen molar-refractivity contribution in [3.05, 3.63) is 0 Å². The van der Waals surface area contributed by atoms with Gasteiger partial charge in [0.05, 0.1) is 0 Å². The van der Waals surface area contributed by atoms with Gasteiger partial charge in [0.2, 0.25) is 11.8 Å². The van der Waals surface area contributed by atoms with Crippen molar-refractivity contribution < 1.29 is 9.59 Å². The third-order valence-corrected chi connectivity index (χ3v) is 3.34. The highest BCUT2D eigenvalue weighted by molar-refractivity contribution is 5.79. The van der Waals surface area contributed by atoms with Crippen LogP contribution in [0.5, 0.6) is 0 Å². The average molecular weight is 255 g/mol. The number of likely N-dealkylation sites (tertiary alicyclic amines) is 1. The van der Waals surface area contributed by atoms with Crippen LogP contribution in [0.2, 0.25) is 0 Å². The maximum Gasteiger partial charge on any atom is 0.223 e. The van der Waals surface area contributed by atoms with E-state index in [0.717, 1.165) is 25.8 Å². The van der Waals surface area contributed by atoms with Crippen LogP contribution in [0.3, 0.4) is 0 Å². The van der Waals surface area contributed by atoms with Crippen LogP contribution in [0.15, 0.2) is 0 Å². The first-order chi connectivity index (χ1) is 8.54. The van der Waals surface area contributed by atoms with Crippen molar-refractivity contribution in [3.8, 4) is 0 Å². The molecule has 0 radical (unpaired) electrons. The minimum atomic E-state index is -0.00900. The number of nitrogens with one attached hydrogen (secondary N) is 1. The first-order valence-electron chi connectivity index (χ1n) is 6.82. The summed E-state index contributed by atoms with van der Waals surface area (Å²) in [5.41, 5.74) is 5.43. The fraction of sp³-hybridized carbons (Fsp3) is 0.846. The quantitative estimate of drug-likeness (QED) is 0.695. The molecule has 3 N–H and O–H groups in total. The van der Waals surface area contributed by atoms with Crippen molar-refractivity contribution in [2.45, 2.75) is 45.6 Å². The van der Waals surface area contributed by atoms with Gasteiger partial charge in [-0.25, -0.2) is 0 Å². The van der Waals surface area contributed by atoms with E-state index >= 15 is 0 Å². The molecule has 0 aromatic rings. The minimum absolute atomic E-state index is 0.00900. The predicted molar refractivity (Wildman–Crippen MR) is 70.9 cm³/mol. The molecule has 1 aliphatic heterocycles. The van der Waals surface area contributed by atoms with Gasteiger partial charge in [0.15, 0.2) is 0 Å². The molecule has 104 valence electrons. The first kappa shape index (κ1) is 15.0. The lowest BCUT2D eigenvalue weighted by Crippen LogP contribution is -2.44. The summed E-state index contributed by atoms with van der Waals surface area (Å²) in [7, 11) is 0. The van der Waals surface area contributed by atoms with Crippen LogP contribution in [-0.4, -0.2) is 42.4 Å². The Hall–Kier alpha value is -1.10. The molecule has 1 heterocycles. The molecule has 1 rings (SSSR count). The monoisotopic (exact) mass is 255 g/mol. The highest BCUT2D eigenvalue weighted by atomic mass is 16.2. The molecule has 0 spiro atoms. The number of rotatable bonds is 7. The van der Waals surface area contributed by atoms with E-state index in [9.17, 15) is 9.59 Å². The van der Waals surface area contributed by atoms with E-state index in [4.69, 9.17) is 5.73 Å². The third-order valence-electron chi connectivity index (χ3n) is 3.34. The molecule has 1 saturated heterocycles. The maximum absolute atomic E-state index is 11.9. The topological polar surface area (TPSA) is 75.4 Å². The summed E-state index contributed by atoms with van der Waals surface area (Å²) >= 11 is 0.